The first-order valence-electron chi connectivity index (χ1n) is 11.7. The zero-order chi connectivity index (χ0) is 24.5. The number of ether oxygens (including phenoxy) is 1. The van der Waals surface area contributed by atoms with E-state index < -0.39 is 0 Å². The molecule has 0 aromatic rings. The molecule has 0 rings (SSSR count). The summed E-state index contributed by atoms with van der Waals surface area (Å²) in [5.74, 6) is 0.282. The predicted molar refractivity (Wildman–Crippen MR) is 130 cm³/mol. The largest absolute Gasteiger partial charge is 0.366 e. The van der Waals surface area contributed by atoms with Gasteiger partial charge in [-0.2, -0.15) is 0 Å². The quantitative estimate of drug-likeness (QED) is 0.398. The lowest BCUT2D eigenvalue weighted by atomic mass is 9.73. The minimum absolute atomic E-state index is 0.0696. The van der Waals surface area contributed by atoms with E-state index in [9.17, 15) is 9.59 Å². The summed E-state index contributed by atoms with van der Waals surface area (Å²) in [6, 6.07) is 0. The van der Waals surface area contributed by atoms with Crippen molar-refractivity contribution >= 4 is 11.8 Å². The van der Waals surface area contributed by atoms with Crippen molar-refractivity contribution in [3.05, 3.63) is 0 Å². The van der Waals surface area contributed by atoms with E-state index in [0.29, 0.717) is 19.5 Å². The van der Waals surface area contributed by atoms with Crippen molar-refractivity contribution in [1.82, 2.24) is 16.0 Å². The number of rotatable bonds is 13. The predicted octanol–water partition coefficient (Wildman–Crippen LogP) is 4.28. The highest BCUT2D eigenvalue weighted by atomic mass is 16.5. The highest BCUT2D eigenvalue weighted by Gasteiger charge is 2.31. The number of nitrogens with one attached hydrogen (secondary N) is 3. The van der Waals surface area contributed by atoms with Gasteiger partial charge < -0.3 is 20.7 Å². The molecule has 0 heterocycles. The molecule has 1 atom stereocenters. The van der Waals surface area contributed by atoms with Crippen LogP contribution in [-0.2, 0) is 14.3 Å². The van der Waals surface area contributed by atoms with E-state index >= 15 is 0 Å². The zero-order valence-electron chi connectivity index (χ0n) is 22.3. The Bertz CT molecular complexity index is 557. The van der Waals surface area contributed by atoms with Crippen LogP contribution in [-0.4, -0.2) is 49.2 Å². The van der Waals surface area contributed by atoms with Crippen molar-refractivity contribution in [1.29, 1.82) is 0 Å². The average molecular weight is 442 g/mol. The lowest BCUT2D eigenvalue weighted by molar-refractivity contribution is -0.130. The first kappa shape index (κ1) is 29.9. The molecule has 0 aromatic carbocycles. The minimum Gasteiger partial charge on any atom is -0.366 e. The van der Waals surface area contributed by atoms with Gasteiger partial charge in [0, 0.05) is 31.6 Å². The van der Waals surface area contributed by atoms with Crippen molar-refractivity contribution in [2.24, 2.45) is 16.7 Å². The Morgan fingerprint density at radius 2 is 1.42 bits per heavy atom. The van der Waals surface area contributed by atoms with Crippen molar-refractivity contribution in [3.8, 4) is 0 Å². The standard InChI is InChI=1S/C25H51N3O3/c1-19(15-27-21(30)16-31-23(5,6)7)12-13-26-20(29)14-24(8,9)17-25(10,11)18-28-22(2,3)4/h19,28H,12-18H2,1-11H3,(H,26,29)(H,27,30). The zero-order valence-corrected chi connectivity index (χ0v) is 22.3. The molecule has 31 heavy (non-hydrogen) atoms. The summed E-state index contributed by atoms with van der Waals surface area (Å²) in [5, 5.41) is 9.53. The molecule has 0 saturated heterocycles. The molecule has 2 amide bonds. The van der Waals surface area contributed by atoms with Gasteiger partial charge in [0.25, 0.3) is 0 Å². The highest BCUT2D eigenvalue weighted by Crippen LogP contribution is 2.36. The van der Waals surface area contributed by atoms with Crippen LogP contribution in [0.25, 0.3) is 0 Å². The van der Waals surface area contributed by atoms with Gasteiger partial charge in [-0.1, -0.05) is 34.6 Å². The van der Waals surface area contributed by atoms with Crippen LogP contribution in [0.3, 0.4) is 0 Å². The van der Waals surface area contributed by atoms with Crippen LogP contribution in [0, 0.1) is 16.7 Å². The van der Waals surface area contributed by atoms with Crippen LogP contribution in [0.1, 0.15) is 95.4 Å². The van der Waals surface area contributed by atoms with Crippen molar-refractivity contribution < 1.29 is 14.3 Å². The Balaban J connectivity index is 4.21. The maximum absolute atomic E-state index is 12.5. The maximum atomic E-state index is 12.5. The fraction of sp³-hybridized carbons (Fsp3) is 0.920. The Kier molecular flexibility index (Phi) is 11.7. The molecule has 0 spiro atoms. The van der Waals surface area contributed by atoms with Crippen LogP contribution in [0.4, 0.5) is 0 Å². The van der Waals surface area contributed by atoms with Crippen LogP contribution in [0.2, 0.25) is 0 Å². The van der Waals surface area contributed by atoms with Crippen molar-refractivity contribution in [3.63, 3.8) is 0 Å². The fourth-order valence-corrected chi connectivity index (χ4v) is 3.60. The Morgan fingerprint density at radius 3 is 1.94 bits per heavy atom. The third-order valence-corrected chi connectivity index (χ3v) is 4.94. The van der Waals surface area contributed by atoms with Gasteiger partial charge in [0.1, 0.15) is 6.61 Å². The topological polar surface area (TPSA) is 79.5 Å². The summed E-state index contributed by atoms with van der Waals surface area (Å²) in [6.45, 7) is 25.4. The van der Waals surface area contributed by atoms with Gasteiger partial charge in [0.2, 0.25) is 11.8 Å². The molecule has 0 aliphatic carbocycles. The van der Waals surface area contributed by atoms with Gasteiger partial charge in [-0.15, -0.1) is 0 Å². The SMILES string of the molecule is CC(CCNC(=O)CC(C)(C)CC(C)(C)CNC(C)(C)C)CNC(=O)COC(C)(C)C. The molecule has 3 N–H and O–H groups in total. The van der Waals surface area contributed by atoms with E-state index in [4.69, 9.17) is 4.74 Å². The van der Waals surface area contributed by atoms with E-state index in [1.807, 2.05) is 20.8 Å². The van der Waals surface area contributed by atoms with Gasteiger partial charge in [-0.3, -0.25) is 9.59 Å². The summed E-state index contributed by atoms with van der Waals surface area (Å²) in [7, 11) is 0. The second-order valence-corrected chi connectivity index (χ2v) is 12.7. The van der Waals surface area contributed by atoms with E-state index in [2.05, 4.69) is 71.3 Å². The molecule has 6 heteroatoms. The molecule has 0 aliphatic heterocycles. The van der Waals surface area contributed by atoms with Crippen molar-refractivity contribution in [2.45, 2.75) is 107 Å². The molecule has 0 radical (unpaired) electrons. The summed E-state index contributed by atoms with van der Waals surface area (Å²) < 4.78 is 5.48. The third-order valence-electron chi connectivity index (χ3n) is 4.94. The molecular weight excluding hydrogens is 390 g/mol. The summed E-state index contributed by atoms with van der Waals surface area (Å²) in [6.07, 6.45) is 2.31. The summed E-state index contributed by atoms with van der Waals surface area (Å²) in [5.41, 5.74) is -0.186. The van der Waals surface area contributed by atoms with Crippen LogP contribution in [0.15, 0.2) is 0 Å². The molecule has 184 valence electrons. The Hall–Kier alpha value is -1.14. The van der Waals surface area contributed by atoms with Gasteiger partial charge in [-0.05, 0) is 71.1 Å². The summed E-state index contributed by atoms with van der Waals surface area (Å²) in [4.78, 5) is 24.3. The number of amides is 2. The smallest absolute Gasteiger partial charge is 0.246 e. The molecule has 0 aromatic heterocycles. The maximum Gasteiger partial charge on any atom is 0.246 e. The Morgan fingerprint density at radius 1 is 0.839 bits per heavy atom. The van der Waals surface area contributed by atoms with Crippen molar-refractivity contribution in [2.75, 3.05) is 26.2 Å². The van der Waals surface area contributed by atoms with E-state index in [1.54, 1.807) is 0 Å². The molecule has 0 saturated carbocycles. The van der Waals surface area contributed by atoms with Crippen LogP contribution >= 0.6 is 0 Å². The van der Waals surface area contributed by atoms with Gasteiger partial charge in [-0.25, -0.2) is 0 Å². The molecule has 1 unspecified atom stereocenters. The number of hydrogen-bond acceptors (Lipinski definition) is 4. The monoisotopic (exact) mass is 441 g/mol. The van der Waals surface area contributed by atoms with Gasteiger partial charge >= 0.3 is 0 Å². The lowest BCUT2D eigenvalue weighted by Crippen LogP contribution is -2.43. The van der Waals surface area contributed by atoms with Crippen LogP contribution in [0.5, 0.6) is 0 Å². The molecular formula is C25H51N3O3. The highest BCUT2D eigenvalue weighted by molar-refractivity contribution is 5.77. The van der Waals surface area contributed by atoms with E-state index in [0.717, 1.165) is 19.4 Å². The van der Waals surface area contributed by atoms with Gasteiger partial charge in [0.05, 0.1) is 5.60 Å². The molecule has 0 fully saturated rings. The second kappa shape index (κ2) is 12.2. The first-order valence-corrected chi connectivity index (χ1v) is 11.7. The van der Waals surface area contributed by atoms with Gasteiger partial charge in [0.15, 0.2) is 0 Å². The molecule has 0 aliphatic rings. The molecule has 0 bridgehead atoms. The summed E-state index contributed by atoms with van der Waals surface area (Å²) >= 11 is 0. The number of hydrogen-bond donors (Lipinski definition) is 3. The van der Waals surface area contributed by atoms with E-state index in [-0.39, 0.29) is 46.3 Å². The van der Waals surface area contributed by atoms with Crippen LogP contribution < -0.4 is 16.0 Å². The third kappa shape index (κ3) is 18.2. The normalized spacial score (nSPS) is 14.3. The number of carbonyl (C=O) groups excluding carboxylic acids is 2. The Labute approximate surface area is 192 Å². The minimum atomic E-state index is -0.320. The first-order chi connectivity index (χ1) is 13.8. The molecule has 6 nitrogen and oxygen atoms in total. The second-order valence-electron chi connectivity index (χ2n) is 12.7. The number of carbonyl (C=O) groups is 2. The van der Waals surface area contributed by atoms with E-state index in [1.165, 1.54) is 0 Å². The lowest BCUT2D eigenvalue weighted by Gasteiger charge is -2.37. The average Bonchev–Trinajstić information content (AvgIpc) is 2.53. The fourth-order valence-electron chi connectivity index (χ4n) is 3.60.